The summed E-state index contributed by atoms with van der Waals surface area (Å²) in [5.41, 5.74) is -5.76. The van der Waals surface area contributed by atoms with E-state index in [1.807, 2.05) is 0 Å². The fraction of sp³-hybridized carbons (Fsp3) is 0.455. The smallest absolute Gasteiger partial charge is 0.428 e. The number of rotatable bonds is 4. The average Bonchev–Trinajstić information content (AvgIpc) is 2.37. The molecule has 2 N–H and O–H groups in total. The van der Waals surface area contributed by atoms with Crippen molar-refractivity contribution in [2.24, 2.45) is 0 Å². The van der Waals surface area contributed by atoms with E-state index in [1.165, 1.54) is 0 Å². The van der Waals surface area contributed by atoms with Gasteiger partial charge in [0.2, 0.25) is 5.82 Å². The monoisotopic (exact) mass is 339 g/mol. The zero-order valence-corrected chi connectivity index (χ0v) is 10.7. The molecule has 0 radical (unpaired) electrons. The number of alkyl halides is 6. The topological polar surface area (TPSA) is 41.5 Å². The number of anilines is 1. The zero-order chi connectivity index (χ0) is 17.3. The fourth-order valence-electron chi connectivity index (χ4n) is 1.46. The Morgan fingerprint density at radius 2 is 1.55 bits per heavy atom. The Bertz CT molecular complexity index is 526. The summed E-state index contributed by atoms with van der Waals surface area (Å²) in [7, 11) is 0.836. The molecule has 0 amide bonds. The van der Waals surface area contributed by atoms with E-state index in [-0.39, 0.29) is 0 Å². The van der Waals surface area contributed by atoms with Crippen LogP contribution in [0.25, 0.3) is 0 Å². The number of halogens is 8. The molecule has 0 aliphatic heterocycles. The van der Waals surface area contributed by atoms with Crippen molar-refractivity contribution in [3.8, 4) is 5.75 Å². The highest BCUT2D eigenvalue weighted by molar-refractivity contribution is 5.57. The lowest BCUT2D eigenvalue weighted by molar-refractivity contribution is -0.362. The van der Waals surface area contributed by atoms with Crippen molar-refractivity contribution in [2.75, 3.05) is 19.0 Å². The van der Waals surface area contributed by atoms with E-state index in [4.69, 9.17) is 5.11 Å². The van der Waals surface area contributed by atoms with Crippen LogP contribution in [0.5, 0.6) is 5.75 Å². The molecule has 0 bridgehead atoms. The molecule has 0 aliphatic rings. The van der Waals surface area contributed by atoms with Gasteiger partial charge >= 0.3 is 12.4 Å². The standard InChI is InChI=1S/C11H9F8NO2/c1-22-8-6(3-2-5(12)7(8)13)20-4-9(21,10(14,15)16)11(17,18)19/h2-3,20-21H,4H2,1H3. The summed E-state index contributed by atoms with van der Waals surface area (Å²) in [6.07, 6.45) is -12.1. The lowest BCUT2D eigenvalue weighted by Gasteiger charge is -2.32. The molecule has 0 saturated heterocycles. The van der Waals surface area contributed by atoms with Gasteiger partial charge in [-0.15, -0.1) is 0 Å². The molecule has 0 aliphatic carbocycles. The second-order valence-corrected chi connectivity index (χ2v) is 4.15. The summed E-state index contributed by atoms with van der Waals surface area (Å²) in [5.74, 6) is -3.94. The molecule has 0 heterocycles. The number of ether oxygens (including phenoxy) is 1. The molecular weight excluding hydrogens is 330 g/mol. The van der Waals surface area contributed by atoms with Crippen LogP contribution in [0.4, 0.5) is 40.8 Å². The molecule has 3 nitrogen and oxygen atoms in total. The normalized spacial score (nSPS) is 13.2. The third-order valence-electron chi connectivity index (χ3n) is 2.73. The van der Waals surface area contributed by atoms with Gasteiger partial charge < -0.3 is 15.2 Å². The highest BCUT2D eigenvalue weighted by Crippen LogP contribution is 2.43. The summed E-state index contributed by atoms with van der Waals surface area (Å²) in [5, 5.41) is 10.5. The van der Waals surface area contributed by atoms with Gasteiger partial charge in [-0.2, -0.15) is 30.7 Å². The fourth-order valence-corrected chi connectivity index (χ4v) is 1.46. The molecule has 126 valence electrons. The summed E-state index contributed by atoms with van der Waals surface area (Å²) < 4.78 is 105. The van der Waals surface area contributed by atoms with Gasteiger partial charge in [-0.25, -0.2) is 4.39 Å². The summed E-state index contributed by atoms with van der Waals surface area (Å²) in [4.78, 5) is 0. The van der Waals surface area contributed by atoms with Crippen LogP contribution in [-0.4, -0.2) is 36.7 Å². The molecule has 22 heavy (non-hydrogen) atoms. The van der Waals surface area contributed by atoms with Gasteiger partial charge in [0.15, 0.2) is 11.6 Å². The van der Waals surface area contributed by atoms with Crippen LogP contribution in [0.1, 0.15) is 0 Å². The lowest BCUT2D eigenvalue weighted by atomic mass is 10.0. The van der Waals surface area contributed by atoms with Gasteiger partial charge in [0.25, 0.3) is 5.60 Å². The number of nitrogens with one attached hydrogen (secondary N) is 1. The highest BCUT2D eigenvalue weighted by Gasteiger charge is 2.70. The Kier molecular flexibility index (Phi) is 4.80. The van der Waals surface area contributed by atoms with Crippen molar-refractivity contribution in [1.29, 1.82) is 0 Å². The Morgan fingerprint density at radius 1 is 1.05 bits per heavy atom. The number of hydrogen-bond acceptors (Lipinski definition) is 3. The van der Waals surface area contributed by atoms with Crippen molar-refractivity contribution < 1.29 is 45.0 Å². The van der Waals surface area contributed by atoms with E-state index < -0.39 is 47.6 Å². The molecule has 0 aromatic heterocycles. The quantitative estimate of drug-likeness (QED) is 0.828. The van der Waals surface area contributed by atoms with Crippen molar-refractivity contribution in [2.45, 2.75) is 18.0 Å². The molecule has 0 spiro atoms. The second-order valence-electron chi connectivity index (χ2n) is 4.15. The predicted molar refractivity (Wildman–Crippen MR) is 58.5 cm³/mol. The van der Waals surface area contributed by atoms with Crippen molar-refractivity contribution >= 4 is 5.69 Å². The molecular formula is C11H9F8NO2. The molecule has 0 fully saturated rings. The van der Waals surface area contributed by atoms with Crippen LogP contribution in [0.15, 0.2) is 12.1 Å². The van der Waals surface area contributed by atoms with E-state index in [0.717, 1.165) is 7.11 Å². The second kappa shape index (κ2) is 5.78. The van der Waals surface area contributed by atoms with E-state index in [1.54, 1.807) is 5.32 Å². The van der Waals surface area contributed by atoms with Crippen LogP contribution in [0.2, 0.25) is 0 Å². The SMILES string of the molecule is COc1c(NCC(O)(C(F)(F)F)C(F)(F)F)ccc(F)c1F. The van der Waals surface area contributed by atoms with Crippen molar-refractivity contribution in [3.05, 3.63) is 23.8 Å². The van der Waals surface area contributed by atoms with Crippen molar-refractivity contribution in [1.82, 2.24) is 0 Å². The first-order valence-electron chi connectivity index (χ1n) is 5.47. The molecule has 0 saturated carbocycles. The minimum atomic E-state index is -6.04. The molecule has 1 aromatic carbocycles. The summed E-state index contributed by atoms with van der Waals surface area (Å²) in [6, 6.07) is 1.14. The molecule has 11 heteroatoms. The van der Waals surface area contributed by atoms with Gasteiger partial charge in [-0.1, -0.05) is 0 Å². The van der Waals surface area contributed by atoms with E-state index >= 15 is 0 Å². The van der Waals surface area contributed by atoms with E-state index in [2.05, 4.69) is 4.74 Å². The minimum Gasteiger partial charge on any atom is -0.491 e. The van der Waals surface area contributed by atoms with Crippen LogP contribution in [0.3, 0.4) is 0 Å². The number of hydrogen-bond donors (Lipinski definition) is 2. The Morgan fingerprint density at radius 3 is 1.95 bits per heavy atom. The largest absolute Gasteiger partial charge is 0.491 e. The van der Waals surface area contributed by atoms with E-state index in [0.29, 0.717) is 12.1 Å². The van der Waals surface area contributed by atoms with Crippen LogP contribution < -0.4 is 10.1 Å². The first kappa shape index (κ1) is 18.3. The van der Waals surface area contributed by atoms with Gasteiger partial charge in [0.05, 0.1) is 19.3 Å². The Hall–Kier alpha value is -1.78. The van der Waals surface area contributed by atoms with E-state index in [9.17, 15) is 35.1 Å². The third-order valence-corrected chi connectivity index (χ3v) is 2.73. The summed E-state index contributed by atoms with van der Waals surface area (Å²) >= 11 is 0. The highest BCUT2D eigenvalue weighted by atomic mass is 19.4. The average molecular weight is 339 g/mol. The van der Waals surface area contributed by atoms with Crippen LogP contribution in [-0.2, 0) is 0 Å². The molecule has 0 atom stereocenters. The van der Waals surface area contributed by atoms with Crippen LogP contribution >= 0.6 is 0 Å². The Labute approximate surface area is 118 Å². The minimum absolute atomic E-state index is 0.473. The first-order valence-corrected chi connectivity index (χ1v) is 5.47. The third kappa shape index (κ3) is 3.18. The zero-order valence-electron chi connectivity index (χ0n) is 10.7. The maximum Gasteiger partial charge on any atom is 0.428 e. The number of methoxy groups -OCH3 is 1. The van der Waals surface area contributed by atoms with Crippen molar-refractivity contribution in [3.63, 3.8) is 0 Å². The molecule has 0 unspecified atom stereocenters. The first-order chi connectivity index (χ1) is 9.85. The predicted octanol–water partition coefficient (Wildman–Crippen LogP) is 3.24. The Balaban J connectivity index is 3.14. The van der Waals surface area contributed by atoms with Gasteiger partial charge in [0, 0.05) is 0 Å². The van der Waals surface area contributed by atoms with Gasteiger partial charge in [-0.3, -0.25) is 0 Å². The maximum absolute atomic E-state index is 13.3. The maximum atomic E-state index is 13.3. The molecule has 1 aromatic rings. The van der Waals surface area contributed by atoms with Gasteiger partial charge in [0.1, 0.15) is 0 Å². The summed E-state index contributed by atoms with van der Waals surface area (Å²) in [6.45, 7) is -2.07. The number of aliphatic hydroxyl groups is 1. The van der Waals surface area contributed by atoms with Crippen LogP contribution in [0, 0.1) is 11.6 Å². The van der Waals surface area contributed by atoms with Gasteiger partial charge in [-0.05, 0) is 12.1 Å². The number of benzene rings is 1. The molecule has 1 rings (SSSR count). The lowest BCUT2D eigenvalue weighted by Crippen LogP contribution is -2.61.